The van der Waals surface area contributed by atoms with Gasteiger partial charge in [-0.1, -0.05) is 32.6 Å². The molecule has 0 radical (unpaired) electrons. The van der Waals surface area contributed by atoms with E-state index in [1.165, 1.54) is 12.8 Å². The quantitative estimate of drug-likeness (QED) is 0.398. The molecule has 3 atom stereocenters. The van der Waals surface area contributed by atoms with Gasteiger partial charge in [0.2, 0.25) is 0 Å². The maximum absolute atomic E-state index is 8.87. The lowest BCUT2D eigenvalue weighted by molar-refractivity contribution is 0.241. The van der Waals surface area contributed by atoms with Gasteiger partial charge in [0, 0.05) is 0 Å². The SMILES string of the molecule is CCCCCCC(Cl)(Cl)C[C@@H](Cl)[C@H]1O[C@@H]1CO. The Morgan fingerprint density at radius 2 is 2.00 bits per heavy atom. The highest BCUT2D eigenvalue weighted by molar-refractivity contribution is 6.48. The molecule has 0 aliphatic carbocycles. The normalized spacial score (nSPS) is 25.9. The summed E-state index contributed by atoms with van der Waals surface area (Å²) in [5, 5.41) is 8.66. The minimum Gasteiger partial charge on any atom is -0.394 e. The van der Waals surface area contributed by atoms with Gasteiger partial charge in [-0.2, -0.15) is 0 Å². The molecule has 5 heteroatoms. The van der Waals surface area contributed by atoms with Crippen LogP contribution in [0.4, 0.5) is 0 Å². The van der Waals surface area contributed by atoms with Crippen molar-refractivity contribution >= 4 is 34.8 Å². The van der Waals surface area contributed by atoms with Gasteiger partial charge in [-0.25, -0.2) is 0 Å². The Bertz CT molecular complexity index is 224. The van der Waals surface area contributed by atoms with Crippen molar-refractivity contribution in [2.45, 2.75) is 67.4 Å². The molecule has 0 amide bonds. The molecule has 0 bridgehead atoms. The molecule has 0 aromatic rings. The van der Waals surface area contributed by atoms with Crippen LogP contribution in [-0.4, -0.2) is 33.6 Å². The summed E-state index contributed by atoms with van der Waals surface area (Å²) in [5.74, 6) is 0. The number of halogens is 3. The summed E-state index contributed by atoms with van der Waals surface area (Å²) >= 11 is 18.6. The van der Waals surface area contributed by atoms with Crippen LogP contribution in [0.3, 0.4) is 0 Å². The van der Waals surface area contributed by atoms with Crippen molar-refractivity contribution in [3.05, 3.63) is 0 Å². The number of aliphatic hydroxyl groups is 1. The Kier molecular flexibility index (Phi) is 6.89. The highest BCUT2D eigenvalue weighted by atomic mass is 35.5. The molecule has 0 saturated carbocycles. The van der Waals surface area contributed by atoms with Gasteiger partial charge in [0.1, 0.15) is 16.5 Å². The minimum atomic E-state index is -0.772. The van der Waals surface area contributed by atoms with Gasteiger partial charge in [-0.3, -0.25) is 0 Å². The molecule has 17 heavy (non-hydrogen) atoms. The molecule has 1 rings (SSSR count). The lowest BCUT2D eigenvalue weighted by atomic mass is 10.1. The first-order chi connectivity index (χ1) is 8.00. The standard InChI is InChI=1S/C12H21Cl3O2/c1-2-3-4-5-6-12(14,15)7-9(13)11-10(8-16)17-11/h9-11,16H,2-8H2,1H3/t9-,10-,11-/m1/s1. The van der Waals surface area contributed by atoms with Crippen LogP contribution in [0, 0.1) is 0 Å². The number of unbranched alkanes of at least 4 members (excludes halogenated alkanes) is 3. The van der Waals surface area contributed by atoms with Gasteiger partial charge >= 0.3 is 0 Å². The van der Waals surface area contributed by atoms with Crippen molar-refractivity contribution in [1.29, 1.82) is 0 Å². The monoisotopic (exact) mass is 302 g/mol. The summed E-state index contributed by atoms with van der Waals surface area (Å²) < 4.78 is 4.45. The van der Waals surface area contributed by atoms with Gasteiger partial charge in [0.05, 0.1) is 12.0 Å². The Morgan fingerprint density at radius 3 is 2.53 bits per heavy atom. The topological polar surface area (TPSA) is 32.8 Å². The van der Waals surface area contributed by atoms with E-state index in [4.69, 9.17) is 44.6 Å². The molecule has 1 fully saturated rings. The van der Waals surface area contributed by atoms with E-state index in [1.54, 1.807) is 0 Å². The van der Waals surface area contributed by atoms with Crippen molar-refractivity contribution in [2.24, 2.45) is 0 Å². The molecule has 2 nitrogen and oxygen atoms in total. The van der Waals surface area contributed by atoms with Crippen molar-refractivity contribution < 1.29 is 9.84 Å². The van der Waals surface area contributed by atoms with Crippen LogP contribution < -0.4 is 0 Å². The van der Waals surface area contributed by atoms with Crippen LogP contribution in [0.15, 0.2) is 0 Å². The number of alkyl halides is 3. The first-order valence-corrected chi connectivity index (χ1v) is 7.47. The number of rotatable bonds is 9. The Hall–Kier alpha value is 0.790. The molecule has 0 aromatic carbocycles. The van der Waals surface area contributed by atoms with E-state index in [2.05, 4.69) is 6.92 Å². The van der Waals surface area contributed by atoms with Crippen molar-refractivity contribution in [3.8, 4) is 0 Å². The van der Waals surface area contributed by atoms with Crippen molar-refractivity contribution in [1.82, 2.24) is 0 Å². The van der Waals surface area contributed by atoms with E-state index in [0.29, 0.717) is 6.42 Å². The van der Waals surface area contributed by atoms with Crippen LogP contribution in [0.1, 0.15) is 45.4 Å². The fourth-order valence-electron chi connectivity index (χ4n) is 1.94. The Labute approximate surface area is 119 Å². The second kappa shape index (κ2) is 7.40. The van der Waals surface area contributed by atoms with Crippen LogP contribution in [0.25, 0.3) is 0 Å². The largest absolute Gasteiger partial charge is 0.394 e. The summed E-state index contributed by atoms with van der Waals surface area (Å²) in [5.41, 5.74) is 0. The molecule has 1 N–H and O–H groups in total. The highest BCUT2D eigenvalue weighted by Gasteiger charge is 2.45. The summed E-state index contributed by atoms with van der Waals surface area (Å²) in [6, 6.07) is 0. The number of hydrogen-bond donors (Lipinski definition) is 1. The van der Waals surface area contributed by atoms with Crippen LogP contribution in [0.2, 0.25) is 0 Å². The minimum absolute atomic E-state index is 0.0158. The number of aliphatic hydroxyl groups excluding tert-OH is 1. The lowest BCUT2D eigenvalue weighted by Gasteiger charge is -2.21. The molecule has 1 aliphatic heterocycles. The highest BCUT2D eigenvalue weighted by Crippen LogP contribution is 2.39. The fraction of sp³-hybridized carbons (Fsp3) is 1.00. The van der Waals surface area contributed by atoms with Gasteiger partial charge < -0.3 is 9.84 Å². The summed E-state index contributed by atoms with van der Waals surface area (Å²) in [4.78, 5) is 0. The second-order valence-corrected chi connectivity index (χ2v) is 6.91. The van der Waals surface area contributed by atoms with Crippen molar-refractivity contribution in [2.75, 3.05) is 6.61 Å². The summed E-state index contributed by atoms with van der Waals surface area (Å²) in [7, 11) is 0. The average molecular weight is 304 g/mol. The van der Waals surface area contributed by atoms with Gasteiger partial charge in [0.25, 0.3) is 0 Å². The average Bonchev–Trinajstić information content (AvgIpc) is 3.03. The van der Waals surface area contributed by atoms with Gasteiger partial charge in [0.15, 0.2) is 0 Å². The molecule has 0 aromatic heterocycles. The zero-order valence-electron chi connectivity index (χ0n) is 10.2. The Morgan fingerprint density at radius 1 is 1.29 bits per heavy atom. The number of epoxide rings is 1. The van der Waals surface area contributed by atoms with Crippen molar-refractivity contribution in [3.63, 3.8) is 0 Å². The molecular formula is C12H21Cl3O2. The number of ether oxygens (including phenoxy) is 1. The third-order valence-corrected chi connectivity index (χ3v) is 4.14. The van der Waals surface area contributed by atoms with Gasteiger partial charge in [-0.15, -0.1) is 34.8 Å². The lowest BCUT2D eigenvalue weighted by Crippen LogP contribution is -2.23. The zero-order valence-corrected chi connectivity index (χ0v) is 12.4. The van der Waals surface area contributed by atoms with E-state index in [1.807, 2.05) is 0 Å². The first-order valence-electron chi connectivity index (χ1n) is 6.28. The predicted molar refractivity (Wildman–Crippen MR) is 73.2 cm³/mol. The van der Waals surface area contributed by atoms with E-state index < -0.39 is 4.33 Å². The zero-order chi connectivity index (χ0) is 12.9. The van der Waals surface area contributed by atoms with E-state index in [9.17, 15) is 0 Å². The molecule has 0 spiro atoms. The van der Waals surface area contributed by atoms with Gasteiger partial charge in [-0.05, 0) is 12.8 Å². The van der Waals surface area contributed by atoms with E-state index in [-0.39, 0.29) is 24.2 Å². The maximum Gasteiger partial charge on any atom is 0.119 e. The van der Waals surface area contributed by atoms with E-state index >= 15 is 0 Å². The molecule has 0 unspecified atom stereocenters. The third kappa shape index (κ3) is 5.98. The molecule has 102 valence electrons. The molecule has 1 heterocycles. The third-order valence-electron chi connectivity index (χ3n) is 3.05. The van der Waals surface area contributed by atoms with Crippen LogP contribution >= 0.6 is 34.8 Å². The van der Waals surface area contributed by atoms with Crippen LogP contribution in [0.5, 0.6) is 0 Å². The molecule has 1 aliphatic rings. The second-order valence-electron chi connectivity index (χ2n) is 4.71. The van der Waals surface area contributed by atoms with Crippen LogP contribution in [-0.2, 0) is 4.74 Å². The maximum atomic E-state index is 8.87. The van der Waals surface area contributed by atoms with E-state index in [0.717, 1.165) is 19.3 Å². The predicted octanol–water partition coefficient (Wildman–Crippen LogP) is 3.89. The summed E-state index contributed by atoms with van der Waals surface area (Å²) in [6.45, 7) is 2.19. The number of hydrogen-bond acceptors (Lipinski definition) is 2. The molecule has 1 saturated heterocycles. The molecular weight excluding hydrogens is 282 g/mol. The first kappa shape index (κ1) is 15.8. The fourth-order valence-corrected chi connectivity index (χ4v) is 3.18. The smallest absolute Gasteiger partial charge is 0.119 e. The Balaban J connectivity index is 2.19. The summed E-state index contributed by atoms with van der Waals surface area (Å²) in [6.07, 6.45) is 5.65.